The molecule has 0 aliphatic rings. The van der Waals surface area contributed by atoms with Gasteiger partial charge in [0.05, 0.1) is 24.2 Å². The van der Waals surface area contributed by atoms with E-state index in [0.29, 0.717) is 34.5 Å². The third-order valence-corrected chi connectivity index (χ3v) is 5.47. The molecule has 162 valence electrons. The number of aryl methyl sites for hydroxylation is 1. The molecule has 0 bridgehead atoms. The molecule has 0 amide bonds. The van der Waals surface area contributed by atoms with Crippen LogP contribution in [0.4, 0.5) is 0 Å². The Morgan fingerprint density at radius 3 is 2.68 bits per heavy atom. The van der Waals surface area contributed by atoms with E-state index in [9.17, 15) is 9.59 Å². The second-order valence-electron chi connectivity index (χ2n) is 6.70. The maximum absolute atomic E-state index is 13.2. The maximum atomic E-state index is 13.2. The molecule has 0 aliphatic heterocycles. The lowest BCUT2D eigenvalue weighted by atomic mass is 10.2. The minimum atomic E-state index is -0.492. The summed E-state index contributed by atoms with van der Waals surface area (Å²) >= 11 is 6.83. The molecule has 31 heavy (non-hydrogen) atoms. The van der Waals surface area contributed by atoms with Crippen LogP contribution < -0.4 is 10.3 Å². The van der Waals surface area contributed by atoms with Gasteiger partial charge >= 0.3 is 5.97 Å². The zero-order chi connectivity index (χ0) is 22.4. The zero-order valence-electron chi connectivity index (χ0n) is 17.1. The van der Waals surface area contributed by atoms with Crippen LogP contribution in [0.1, 0.15) is 31.2 Å². The molecule has 9 heteroatoms. The van der Waals surface area contributed by atoms with Crippen molar-refractivity contribution in [1.29, 1.82) is 0 Å². The first-order valence-electron chi connectivity index (χ1n) is 9.67. The third-order valence-electron chi connectivity index (χ3n) is 4.49. The summed E-state index contributed by atoms with van der Waals surface area (Å²) in [4.78, 5) is 29.3. The van der Waals surface area contributed by atoms with E-state index < -0.39 is 5.97 Å². The molecule has 1 aromatic heterocycles. The van der Waals surface area contributed by atoms with Crippen LogP contribution in [0, 0.1) is 0 Å². The van der Waals surface area contributed by atoms with E-state index in [1.54, 1.807) is 24.3 Å². The molecule has 0 radical (unpaired) electrons. The first-order chi connectivity index (χ1) is 14.9. The fraction of sp³-hybridized carbons (Fsp3) is 0.273. The number of hydrogen-bond donors (Lipinski definition) is 0. The van der Waals surface area contributed by atoms with Crippen LogP contribution in [-0.4, -0.2) is 35.6 Å². The Hall–Kier alpha value is -2.52. The first kappa shape index (κ1) is 23.1. The molecule has 7 nitrogen and oxygen atoms in total. The molecular weight excluding hydrogens is 530 g/mol. The zero-order valence-corrected chi connectivity index (χ0v) is 20.3. The van der Waals surface area contributed by atoms with Crippen molar-refractivity contribution in [2.75, 3.05) is 13.7 Å². The Labute approximate surface area is 196 Å². The summed E-state index contributed by atoms with van der Waals surface area (Å²) in [5, 5.41) is 4.92. The lowest BCUT2D eigenvalue weighted by Gasteiger charge is -2.11. The number of unbranched alkanes of at least 4 members (excludes halogenated alkanes) is 1. The molecule has 0 aliphatic carbocycles. The number of nitrogens with zero attached hydrogens (tertiary/aromatic N) is 3. The minimum absolute atomic E-state index is 0.230. The van der Waals surface area contributed by atoms with Crippen molar-refractivity contribution in [3.05, 3.63) is 67.1 Å². The molecule has 0 N–H and O–H groups in total. The van der Waals surface area contributed by atoms with Crippen LogP contribution in [0.5, 0.6) is 5.75 Å². The summed E-state index contributed by atoms with van der Waals surface area (Å²) in [5.41, 5.74) is 0.983. The highest BCUT2D eigenvalue weighted by molar-refractivity contribution is 9.10. The monoisotopic (exact) mass is 549 g/mol. The standard InChI is InChI=1S/C22H21Br2N3O4/c1-3-4-5-20-26-18-8-6-16(24)11-17(18)22(29)27(20)25-12-14-10-15(23)7-9-19(14)31-13-21(28)30-2/h6-12H,3-5,13H2,1-2H3. The van der Waals surface area contributed by atoms with E-state index in [1.807, 2.05) is 12.1 Å². The van der Waals surface area contributed by atoms with Crippen molar-refractivity contribution in [2.45, 2.75) is 26.2 Å². The molecule has 2 aromatic carbocycles. The fourth-order valence-corrected chi connectivity index (χ4v) is 3.62. The largest absolute Gasteiger partial charge is 0.481 e. The topological polar surface area (TPSA) is 82.8 Å². The van der Waals surface area contributed by atoms with Crippen molar-refractivity contribution < 1.29 is 14.3 Å². The van der Waals surface area contributed by atoms with Crippen LogP contribution in [0.2, 0.25) is 0 Å². The molecule has 0 spiro atoms. The van der Waals surface area contributed by atoms with Crippen LogP contribution in [-0.2, 0) is 16.0 Å². The summed E-state index contributed by atoms with van der Waals surface area (Å²) < 4.78 is 13.1. The first-order valence-corrected chi connectivity index (χ1v) is 11.3. The third kappa shape index (κ3) is 5.80. The van der Waals surface area contributed by atoms with Gasteiger partial charge < -0.3 is 9.47 Å². The predicted molar refractivity (Wildman–Crippen MR) is 127 cm³/mol. The van der Waals surface area contributed by atoms with Crippen molar-refractivity contribution in [3.63, 3.8) is 0 Å². The Morgan fingerprint density at radius 1 is 1.19 bits per heavy atom. The van der Waals surface area contributed by atoms with Crippen LogP contribution in [0.3, 0.4) is 0 Å². The lowest BCUT2D eigenvalue weighted by Crippen LogP contribution is -2.22. The molecule has 0 saturated heterocycles. The van der Waals surface area contributed by atoms with Gasteiger partial charge in [-0.05, 0) is 42.8 Å². The summed E-state index contributed by atoms with van der Waals surface area (Å²) in [6, 6.07) is 10.7. The normalized spacial score (nSPS) is 11.2. The number of hydrogen-bond acceptors (Lipinski definition) is 6. The number of methoxy groups -OCH3 is 1. The smallest absolute Gasteiger partial charge is 0.343 e. The van der Waals surface area contributed by atoms with E-state index in [2.05, 4.69) is 53.6 Å². The Balaban J connectivity index is 2.06. The quantitative estimate of drug-likeness (QED) is 0.300. The minimum Gasteiger partial charge on any atom is -0.481 e. The second-order valence-corrected chi connectivity index (χ2v) is 8.53. The van der Waals surface area contributed by atoms with Crippen LogP contribution in [0.25, 0.3) is 10.9 Å². The van der Waals surface area contributed by atoms with Crippen LogP contribution >= 0.6 is 31.9 Å². The molecule has 0 atom stereocenters. The van der Waals surface area contributed by atoms with E-state index in [4.69, 9.17) is 4.74 Å². The average molecular weight is 551 g/mol. The number of rotatable bonds is 8. The fourth-order valence-electron chi connectivity index (χ4n) is 2.88. The Bertz CT molecular complexity index is 1190. The Kier molecular flexibility index (Phi) is 7.97. The van der Waals surface area contributed by atoms with Gasteiger partial charge in [0, 0.05) is 20.9 Å². The van der Waals surface area contributed by atoms with Gasteiger partial charge in [-0.1, -0.05) is 45.2 Å². The molecular formula is C22H21Br2N3O4. The van der Waals surface area contributed by atoms with Crippen molar-refractivity contribution in [2.24, 2.45) is 5.10 Å². The van der Waals surface area contributed by atoms with E-state index in [-0.39, 0.29) is 12.2 Å². The highest BCUT2D eigenvalue weighted by atomic mass is 79.9. The van der Waals surface area contributed by atoms with Gasteiger partial charge in [-0.15, -0.1) is 0 Å². The summed E-state index contributed by atoms with van der Waals surface area (Å²) in [6.07, 6.45) is 4.00. The predicted octanol–water partition coefficient (Wildman–Crippen LogP) is 4.70. The number of aromatic nitrogens is 2. The van der Waals surface area contributed by atoms with Crippen molar-refractivity contribution in [1.82, 2.24) is 9.66 Å². The van der Waals surface area contributed by atoms with E-state index in [1.165, 1.54) is 18.0 Å². The molecule has 0 fully saturated rings. The number of benzene rings is 2. The van der Waals surface area contributed by atoms with Gasteiger partial charge in [0.25, 0.3) is 5.56 Å². The highest BCUT2D eigenvalue weighted by Gasteiger charge is 2.12. The number of esters is 1. The van der Waals surface area contributed by atoms with Gasteiger partial charge in [-0.3, -0.25) is 4.79 Å². The number of carbonyl (C=O) groups excluding carboxylic acids is 1. The van der Waals surface area contributed by atoms with E-state index in [0.717, 1.165) is 21.8 Å². The van der Waals surface area contributed by atoms with Gasteiger partial charge in [-0.2, -0.15) is 9.78 Å². The Morgan fingerprint density at radius 2 is 1.94 bits per heavy atom. The molecule has 0 unspecified atom stereocenters. The van der Waals surface area contributed by atoms with Gasteiger partial charge in [0.2, 0.25) is 0 Å². The second kappa shape index (κ2) is 10.7. The summed E-state index contributed by atoms with van der Waals surface area (Å²) in [6.45, 7) is 1.85. The average Bonchev–Trinajstić information content (AvgIpc) is 2.76. The van der Waals surface area contributed by atoms with Gasteiger partial charge in [-0.25, -0.2) is 9.78 Å². The maximum Gasteiger partial charge on any atom is 0.343 e. The number of carbonyl (C=O) groups is 1. The molecule has 3 aromatic rings. The lowest BCUT2D eigenvalue weighted by molar-refractivity contribution is -0.142. The molecule has 1 heterocycles. The van der Waals surface area contributed by atoms with Crippen LogP contribution in [0.15, 0.2) is 55.2 Å². The number of fused-ring (bicyclic) bond motifs is 1. The SMILES string of the molecule is CCCCc1nc2ccc(Br)cc2c(=O)n1N=Cc1cc(Br)ccc1OCC(=O)OC. The highest BCUT2D eigenvalue weighted by Crippen LogP contribution is 2.22. The molecule has 0 saturated carbocycles. The molecule has 3 rings (SSSR count). The summed E-state index contributed by atoms with van der Waals surface area (Å²) in [7, 11) is 1.30. The van der Waals surface area contributed by atoms with Gasteiger partial charge in [0.1, 0.15) is 11.6 Å². The summed E-state index contributed by atoms with van der Waals surface area (Å²) in [5.74, 6) is 0.537. The van der Waals surface area contributed by atoms with Crippen molar-refractivity contribution in [3.8, 4) is 5.75 Å². The van der Waals surface area contributed by atoms with E-state index >= 15 is 0 Å². The number of ether oxygens (including phenoxy) is 2. The van der Waals surface area contributed by atoms with Crippen molar-refractivity contribution >= 4 is 54.9 Å². The number of halogens is 2. The van der Waals surface area contributed by atoms with Gasteiger partial charge in [0.15, 0.2) is 6.61 Å².